The molecular weight excluding hydrogens is 340 g/mol. The van der Waals surface area contributed by atoms with E-state index in [1.54, 1.807) is 18.2 Å². The van der Waals surface area contributed by atoms with Gasteiger partial charge in [0.15, 0.2) is 18.1 Å². The zero-order chi connectivity index (χ0) is 17.0. The molecule has 9 heteroatoms. The van der Waals surface area contributed by atoms with Crippen molar-refractivity contribution in [1.82, 2.24) is 5.32 Å². The Morgan fingerprint density at radius 2 is 1.96 bits per heavy atom. The van der Waals surface area contributed by atoms with Gasteiger partial charge in [-0.2, -0.15) is 0 Å². The average molecular weight is 354 g/mol. The first-order valence-corrected chi connectivity index (χ1v) is 7.59. The molecule has 0 unspecified atom stereocenters. The molecular formula is C14H14N2O5S2. The fourth-order valence-electron chi connectivity index (χ4n) is 1.84. The minimum absolute atomic E-state index is 0.257. The Labute approximate surface area is 142 Å². The third-order valence-corrected chi connectivity index (χ3v) is 3.94. The molecule has 1 fully saturated rings. The molecule has 2 amide bonds. The SMILES string of the molecule is COc1cc(/C=C2\SC(=S)NC2=O)cc(OC)c1OCC(N)=O. The van der Waals surface area contributed by atoms with E-state index in [-0.39, 0.29) is 18.3 Å². The zero-order valence-corrected chi connectivity index (χ0v) is 14.0. The Morgan fingerprint density at radius 3 is 2.39 bits per heavy atom. The molecule has 1 aromatic rings. The number of carbonyl (C=O) groups is 2. The highest BCUT2D eigenvalue weighted by Crippen LogP contribution is 2.39. The Bertz CT molecular complexity index is 677. The minimum atomic E-state index is -0.618. The number of ether oxygens (including phenoxy) is 3. The van der Waals surface area contributed by atoms with Gasteiger partial charge in [0.25, 0.3) is 11.8 Å². The van der Waals surface area contributed by atoms with Gasteiger partial charge < -0.3 is 25.3 Å². The Morgan fingerprint density at radius 1 is 1.35 bits per heavy atom. The van der Waals surface area contributed by atoms with Gasteiger partial charge in [0, 0.05) is 0 Å². The summed E-state index contributed by atoms with van der Waals surface area (Å²) in [6.45, 7) is -0.306. The first-order valence-electron chi connectivity index (χ1n) is 6.36. The second-order valence-electron chi connectivity index (χ2n) is 4.36. The van der Waals surface area contributed by atoms with E-state index < -0.39 is 5.91 Å². The fraction of sp³-hybridized carbons (Fsp3) is 0.214. The van der Waals surface area contributed by atoms with Crippen molar-refractivity contribution in [2.24, 2.45) is 5.73 Å². The smallest absolute Gasteiger partial charge is 0.263 e. The number of rotatable bonds is 6. The highest BCUT2D eigenvalue weighted by atomic mass is 32.2. The first-order chi connectivity index (χ1) is 10.9. The third-order valence-electron chi connectivity index (χ3n) is 2.78. The van der Waals surface area contributed by atoms with Gasteiger partial charge in [0.2, 0.25) is 5.75 Å². The molecule has 1 aliphatic rings. The molecule has 0 aliphatic carbocycles. The Hall–Kier alpha value is -2.26. The lowest BCUT2D eigenvalue weighted by molar-refractivity contribution is -0.120. The molecule has 1 heterocycles. The zero-order valence-electron chi connectivity index (χ0n) is 12.4. The van der Waals surface area contributed by atoms with E-state index in [1.807, 2.05) is 0 Å². The molecule has 23 heavy (non-hydrogen) atoms. The van der Waals surface area contributed by atoms with E-state index in [0.29, 0.717) is 26.3 Å². The van der Waals surface area contributed by atoms with E-state index in [2.05, 4.69) is 5.32 Å². The number of nitrogens with one attached hydrogen (secondary N) is 1. The van der Waals surface area contributed by atoms with Gasteiger partial charge in [-0.3, -0.25) is 9.59 Å². The highest BCUT2D eigenvalue weighted by molar-refractivity contribution is 8.26. The second kappa shape index (κ2) is 7.34. The molecule has 1 aromatic carbocycles. The van der Waals surface area contributed by atoms with Gasteiger partial charge in [-0.1, -0.05) is 24.0 Å². The van der Waals surface area contributed by atoms with Crippen molar-refractivity contribution in [2.45, 2.75) is 0 Å². The number of nitrogens with two attached hydrogens (primary N) is 1. The topological polar surface area (TPSA) is 99.9 Å². The second-order valence-corrected chi connectivity index (χ2v) is 6.08. The lowest BCUT2D eigenvalue weighted by Gasteiger charge is -2.14. The largest absolute Gasteiger partial charge is 0.493 e. The number of thioether (sulfide) groups is 1. The van der Waals surface area contributed by atoms with E-state index in [4.69, 9.17) is 32.2 Å². The molecule has 7 nitrogen and oxygen atoms in total. The van der Waals surface area contributed by atoms with Crippen LogP contribution in [-0.2, 0) is 9.59 Å². The van der Waals surface area contributed by atoms with E-state index >= 15 is 0 Å². The Balaban J connectivity index is 2.39. The number of methoxy groups -OCH3 is 2. The highest BCUT2D eigenvalue weighted by Gasteiger charge is 2.23. The van der Waals surface area contributed by atoms with Crippen molar-refractivity contribution in [3.05, 3.63) is 22.6 Å². The summed E-state index contributed by atoms with van der Waals surface area (Å²) < 4.78 is 16.2. The molecule has 1 saturated heterocycles. The number of carbonyl (C=O) groups excluding carboxylic acids is 2. The summed E-state index contributed by atoms with van der Waals surface area (Å²) in [6.07, 6.45) is 1.65. The minimum Gasteiger partial charge on any atom is -0.493 e. The van der Waals surface area contributed by atoms with Crippen molar-refractivity contribution < 1.29 is 23.8 Å². The van der Waals surface area contributed by atoms with Crippen molar-refractivity contribution in [2.75, 3.05) is 20.8 Å². The summed E-state index contributed by atoms with van der Waals surface area (Å²) in [7, 11) is 2.91. The lowest BCUT2D eigenvalue weighted by Crippen LogP contribution is -2.20. The maximum atomic E-state index is 11.7. The van der Waals surface area contributed by atoms with Crippen LogP contribution in [-0.4, -0.2) is 37.0 Å². The van der Waals surface area contributed by atoms with Crippen LogP contribution in [0.1, 0.15) is 5.56 Å². The first kappa shape index (κ1) is 17.1. The van der Waals surface area contributed by atoms with Crippen LogP contribution >= 0.6 is 24.0 Å². The van der Waals surface area contributed by atoms with E-state index in [9.17, 15) is 9.59 Å². The predicted molar refractivity (Wildman–Crippen MR) is 90.5 cm³/mol. The number of primary amides is 1. The molecule has 0 saturated carbocycles. The van der Waals surface area contributed by atoms with Crippen molar-refractivity contribution in [3.63, 3.8) is 0 Å². The molecule has 0 atom stereocenters. The summed E-state index contributed by atoms with van der Waals surface area (Å²) >= 11 is 6.11. The molecule has 0 spiro atoms. The van der Waals surface area contributed by atoms with Gasteiger partial charge in [-0.05, 0) is 23.8 Å². The molecule has 0 aromatic heterocycles. The van der Waals surface area contributed by atoms with Gasteiger partial charge in [-0.25, -0.2) is 0 Å². The quantitative estimate of drug-likeness (QED) is 0.582. The lowest BCUT2D eigenvalue weighted by atomic mass is 10.1. The predicted octanol–water partition coefficient (Wildman–Crippen LogP) is 1.06. The summed E-state index contributed by atoms with van der Waals surface area (Å²) in [5.74, 6) is 0.0849. The van der Waals surface area contributed by atoms with Crippen LogP contribution in [0.2, 0.25) is 0 Å². The van der Waals surface area contributed by atoms with Gasteiger partial charge in [0.05, 0.1) is 19.1 Å². The monoisotopic (exact) mass is 354 g/mol. The summed E-state index contributed by atoms with van der Waals surface area (Å²) in [6, 6.07) is 3.31. The van der Waals surface area contributed by atoms with Crippen LogP contribution in [0.15, 0.2) is 17.0 Å². The van der Waals surface area contributed by atoms with Crippen LogP contribution in [0.5, 0.6) is 17.2 Å². The summed E-state index contributed by atoms with van der Waals surface area (Å²) in [4.78, 5) is 23.1. The summed E-state index contributed by atoms with van der Waals surface area (Å²) in [5, 5.41) is 2.54. The van der Waals surface area contributed by atoms with Crippen molar-refractivity contribution in [3.8, 4) is 17.2 Å². The van der Waals surface area contributed by atoms with E-state index in [1.165, 1.54) is 26.0 Å². The molecule has 3 N–H and O–H groups in total. The Kier molecular flexibility index (Phi) is 5.45. The van der Waals surface area contributed by atoms with Gasteiger partial charge in [0.1, 0.15) is 4.32 Å². The maximum absolute atomic E-state index is 11.7. The molecule has 1 aliphatic heterocycles. The number of benzene rings is 1. The molecule has 2 rings (SSSR count). The van der Waals surface area contributed by atoms with E-state index in [0.717, 1.165) is 0 Å². The van der Waals surface area contributed by atoms with Crippen LogP contribution in [0, 0.1) is 0 Å². The molecule has 0 radical (unpaired) electrons. The van der Waals surface area contributed by atoms with Crippen molar-refractivity contribution in [1.29, 1.82) is 0 Å². The summed E-state index contributed by atoms with van der Waals surface area (Å²) in [5.41, 5.74) is 5.74. The standard InChI is InChI=1S/C14H14N2O5S2/c1-19-8-3-7(5-10-13(18)16-14(22)23-10)4-9(20-2)12(8)21-6-11(15)17/h3-5H,6H2,1-2H3,(H2,15,17)(H,16,18,22)/b10-5-. The van der Waals surface area contributed by atoms with Crippen LogP contribution in [0.25, 0.3) is 6.08 Å². The van der Waals surface area contributed by atoms with Gasteiger partial charge in [-0.15, -0.1) is 0 Å². The maximum Gasteiger partial charge on any atom is 0.263 e. The number of amides is 2. The van der Waals surface area contributed by atoms with Crippen molar-refractivity contribution >= 4 is 46.2 Å². The van der Waals surface area contributed by atoms with Gasteiger partial charge >= 0.3 is 0 Å². The fourth-order valence-corrected chi connectivity index (χ4v) is 2.89. The average Bonchev–Trinajstić information content (AvgIpc) is 2.82. The van der Waals surface area contributed by atoms with Crippen LogP contribution < -0.4 is 25.3 Å². The van der Waals surface area contributed by atoms with Crippen LogP contribution in [0.4, 0.5) is 0 Å². The number of hydrogen-bond acceptors (Lipinski definition) is 7. The number of thiocarbonyl (C=S) groups is 1. The molecule has 122 valence electrons. The van der Waals surface area contributed by atoms with Crippen LogP contribution in [0.3, 0.4) is 0 Å². The number of hydrogen-bond donors (Lipinski definition) is 2. The molecule has 0 bridgehead atoms. The third kappa shape index (κ3) is 4.14. The normalized spacial score (nSPS) is 15.5.